The first kappa shape index (κ1) is 17.3. The minimum atomic E-state index is -0.611. The van der Waals surface area contributed by atoms with E-state index in [1.807, 2.05) is 32.9 Å². The van der Waals surface area contributed by atoms with Crippen LogP contribution in [-0.4, -0.2) is 30.5 Å². The number of nitrogens with one attached hydrogen (secondary N) is 1. The van der Waals surface area contributed by atoms with Crippen molar-refractivity contribution in [3.63, 3.8) is 0 Å². The summed E-state index contributed by atoms with van der Waals surface area (Å²) in [7, 11) is 0. The fraction of sp³-hybridized carbons (Fsp3) is 0.529. The third-order valence-corrected chi connectivity index (χ3v) is 4.04. The Kier molecular flexibility index (Phi) is 5.26. The molecule has 0 saturated carbocycles. The molecule has 2 amide bonds. The quantitative estimate of drug-likeness (QED) is 0.865. The minimum Gasteiger partial charge on any atom is -0.479 e. The maximum absolute atomic E-state index is 12.4. The first-order chi connectivity index (χ1) is 10.8. The van der Waals surface area contributed by atoms with E-state index in [0.29, 0.717) is 11.4 Å². The van der Waals surface area contributed by atoms with Gasteiger partial charge in [0.1, 0.15) is 12.3 Å². The van der Waals surface area contributed by atoms with Gasteiger partial charge in [0.05, 0.1) is 5.69 Å². The summed E-state index contributed by atoms with van der Waals surface area (Å²) in [4.78, 5) is 26.1. The number of hydrogen-bond acceptors (Lipinski definition) is 4. The van der Waals surface area contributed by atoms with Gasteiger partial charge in [-0.3, -0.25) is 14.5 Å². The number of anilines is 1. The van der Waals surface area contributed by atoms with Crippen LogP contribution in [0.2, 0.25) is 0 Å². The third-order valence-electron chi connectivity index (χ3n) is 4.04. The second kappa shape index (κ2) is 7.00. The molecule has 1 aliphatic heterocycles. The molecule has 126 valence electrons. The first-order valence-corrected chi connectivity index (χ1v) is 8.00. The van der Waals surface area contributed by atoms with Gasteiger partial charge in [0, 0.05) is 12.1 Å². The van der Waals surface area contributed by atoms with Crippen molar-refractivity contribution in [1.82, 2.24) is 5.32 Å². The summed E-state index contributed by atoms with van der Waals surface area (Å²) in [5.41, 5.74) is 7.41. The normalized spacial score (nSPS) is 19.6. The molecule has 0 bridgehead atoms. The number of rotatable bonds is 5. The molecular weight excluding hydrogens is 294 g/mol. The Balaban J connectivity index is 2.29. The molecule has 0 fully saturated rings. The van der Waals surface area contributed by atoms with E-state index in [1.165, 1.54) is 4.90 Å². The molecule has 0 radical (unpaired) electrons. The van der Waals surface area contributed by atoms with Crippen LogP contribution in [0.25, 0.3) is 0 Å². The molecule has 0 spiro atoms. The van der Waals surface area contributed by atoms with Gasteiger partial charge in [-0.15, -0.1) is 0 Å². The van der Waals surface area contributed by atoms with Crippen LogP contribution in [0.4, 0.5) is 5.69 Å². The molecule has 6 nitrogen and oxygen atoms in total. The SMILES string of the molecule is CCC(C)NC(=O)CN1C(=O)C(C)Oc2ccc(C(C)N)cc21. The first-order valence-electron chi connectivity index (χ1n) is 8.00. The lowest BCUT2D eigenvalue weighted by molar-refractivity contribution is -0.128. The Hall–Kier alpha value is -2.08. The Morgan fingerprint density at radius 1 is 1.43 bits per heavy atom. The summed E-state index contributed by atoms with van der Waals surface area (Å²) in [6.45, 7) is 7.47. The summed E-state index contributed by atoms with van der Waals surface area (Å²) < 4.78 is 5.63. The van der Waals surface area contributed by atoms with Gasteiger partial charge in [0.25, 0.3) is 5.91 Å². The van der Waals surface area contributed by atoms with Gasteiger partial charge in [-0.2, -0.15) is 0 Å². The van der Waals surface area contributed by atoms with E-state index in [4.69, 9.17) is 10.5 Å². The van der Waals surface area contributed by atoms with Crippen LogP contribution in [0.1, 0.15) is 45.7 Å². The van der Waals surface area contributed by atoms with Crippen LogP contribution in [0, 0.1) is 0 Å². The molecule has 0 aromatic heterocycles. The lowest BCUT2D eigenvalue weighted by Gasteiger charge is -2.33. The predicted octanol–water partition coefficient (Wildman–Crippen LogP) is 1.73. The summed E-state index contributed by atoms with van der Waals surface area (Å²) in [5.74, 6) is 0.190. The van der Waals surface area contributed by atoms with Crippen LogP contribution in [0.3, 0.4) is 0 Å². The maximum Gasteiger partial charge on any atom is 0.268 e. The number of amides is 2. The second-order valence-corrected chi connectivity index (χ2v) is 6.08. The van der Waals surface area contributed by atoms with Crippen LogP contribution < -0.4 is 20.7 Å². The Morgan fingerprint density at radius 3 is 2.74 bits per heavy atom. The molecule has 23 heavy (non-hydrogen) atoms. The number of nitrogens with zero attached hydrogens (tertiary/aromatic N) is 1. The van der Waals surface area contributed by atoms with E-state index in [1.54, 1.807) is 13.0 Å². The van der Waals surface area contributed by atoms with Crippen molar-refractivity contribution in [1.29, 1.82) is 0 Å². The molecule has 1 aliphatic rings. The summed E-state index contributed by atoms with van der Waals surface area (Å²) in [6.07, 6.45) is 0.227. The van der Waals surface area contributed by atoms with E-state index in [-0.39, 0.29) is 30.4 Å². The molecular formula is C17H25N3O3. The number of fused-ring (bicyclic) bond motifs is 1. The van der Waals surface area contributed by atoms with E-state index < -0.39 is 6.10 Å². The van der Waals surface area contributed by atoms with Crippen molar-refractivity contribution in [3.05, 3.63) is 23.8 Å². The number of carbonyl (C=O) groups is 2. The Bertz CT molecular complexity index is 601. The molecule has 3 atom stereocenters. The van der Waals surface area contributed by atoms with Gasteiger partial charge >= 0.3 is 0 Å². The third kappa shape index (κ3) is 3.82. The highest BCUT2D eigenvalue weighted by Crippen LogP contribution is 2.35. The molecule has 3 unspecified atom stereocenters. The van der Waals surface area contributed by atoms with Crippen molar-refractivity contribution in [2.75, 3.05) is 11.4 Å². The maximum atomic E-state index is 12.4. The minimum absolute atomic E-state index is 0.0215. The molecule has 0 aliphatic carbocycles. The molecule has 6 heteroatoms. The van der Waals surface area contributed by atoms with Crippen LogP contribution in [0.15, 0.2) is 18.2 Å². The largest absolute Gasteiger partial charge is 0.479 e. The van der Waals surface area contributed by atoms with Crippen molar-refractivity contribution in [3.8, 4) is 5.75 Å². The number of ether oxygens (including phenoxy) is 1. The number of benzene rings is 1. The van der Waals surface area contributed by atoms with Crippen LogP contribution >= 0.6 is 0 Å². The van der Waals surface area contributed by atoms with E-state index in [2.05, 4.69) is 5.32 Å². The fourth-order valence-corrected chi connectivity index (χ4v) is 2.44. The van der Waals surface area contributed by atoms with Gasteiger partial charge in [-0.05, 0) is 44.9 Å². The Labute approximate surface area is 137 Å². The van der Waals surface area contributed by atoms with Crippen molar-refractivity contribution in [2.45, 2.75) is 52.3 Å². The average molecular weight is 319 g/mol. The predicted molar refractivity (Wildman–Crippen MR) is 89.4 cm³/mol. The fourth-order valence-electron chi connectivity index (χ4n) is 2.44. The second-order valence-electron chi connectivity index (χ2n) is 6.08. The zero-order valence-electron chi connectivity index (χ0n) is 14.1. The molecule has 1 aromatic rings. The molecule has 1 heterocycles. The van der Waals surface area contributed by atoms with Crippen LogP contribution in [-0.2, 0) is 9.59 Å². The smallest absolute Gasteiger partial charge is 0.268 e. The monoisotopic (exact) mass is 319 g/mol. The van der Waals surface area contributed by atoms with Crippen LogP contribution in [0.5, 0.6) is 5.75 Å². The molecule has 0 saturated heterocycles. The van der Waals surface area contributed by atoms with Gasteiger partial charge in [-0.1, -0.05) is 13.0 Å². The van der Waals surface area contributed by atoms with Gasteiger partial charge in [0.15, 0.2) is 6.10 Å². The lowest BCUT2D eigenvalue weighted by atomic mass is 10.1. The summed E-state index contributed by atoms with van der Waals surface area (Å²) in [6, 6.07) is 5.41. The summed E-state index contributed by atoms with van der Waals surface area (Å²) >= 11 is 0. The number of nitrogens with two attached hydrogens (primary N) is 1. The van der Waals surface area contributed by atoms with E-state index in [0.717, 1.165) is 12.0 Å². The topological polar surface area (TPSA) is 84.7 Å². The number of hydrogen-bond donors (Lipinski definition) is 2. The molecule has 1 aromatic carbocycles. The van der Waals surface area contributed by atoms with Crippen molar-refractivity contribution >= 4 is 17.5 Å². The summed E-state index contributed by atoms with van der Waals surface area (Å²) in [5, 5.41) is 2.88. The molecule has 2 rings (SSSR count). The highest BCUT2D eigenvalue weighted by molar-refractivity contribution is 6.03. The van der Waals surface area contributed by atoms with Gasteiger partial charge in [0.2, 0.25) is 5.91 Å². The molecule has 3 N–H and O–H groups in total. The highest BCUT2D eigenvalue weighted by Gasteiger charge is 2.33. The average Bonchev–Trinajstić information content (AvgIpc) is 2.51. The Morgan fingerprint density at radius 2 is 2.13 bits per heavy atom. The van der Waals surface area contributed by atoms with Gasteiger partial charge in [-0.25, -0.2) is 0 Å². The van der Waals surface area contributed by atoms with E-state index in [9.17, 15) is 9.59 Å². The van der Waals surface area contributed by atoms with Crippen molar-refractivity contribution < 1.29 is 14.3 Å². The zero-order chi connectivity index (χ0) is 17.1. The highest BCUT2D eigenvalue weighted by atomic mass is 16.5. The lowest BCUT2D eigenvalue weighted by Crippen LogP contribution is -2.49. The van der Waals surface area contributed by atoms with Gasteiger partial charge < -0.3 is 15.8 Å². The number of carbonyl (C=O) groups excluding carboxylic acids is 2. The standard InChI is InChI=1S/C17H25N3O3/c1-5-10(2)19-16(21)9-20-14-8-13(11(3)18)6-7-15(14)23-12(4)17(20)22/h6-8,10-12H,5,9,18H2,1-4H3,(H,19,21). The van der Waals surface area contributed by atoms with Crippen molar-refractivity contribution in [2.24, 2.45) is 5.73 Å². The van der Waals surface area contributed by atoms with E-state index >= 15 is 0 Å². The zero-order valence-corrected chi connectivity index (χ0v) is 14.1.